The number of pyridine rings is 1. The van der Waals surface area contributed by atoms with Crippen molar-refractivity contribution in [2.45, 2.75) is 12.1 Å². The Morgan fingerprint density at radius 3 is 3.04 bits per heavy atom. The Balaban J connectivity index is 1.91. The molecule has 2 aromatic rings. The average molecular weight is 336 g/mol. The number of nitrogens with zero attached hydrogens (tertiary/aromatic N) is 3. The van der Waals surface area contributed by atoms with Crippen LogP contribution in [0.25, 0.3) is 0 Å². The monoisotopic (exact) mass is 336 g/mol. The zero-order valence-electron chi connectivity index (χ0n) is 12.5. The van der Waals surface area contributed by atoms with Gasteiger partial charge in [-0.05, 0) is 13.1 Å². The second kappa shape index (κ2) is 6.55. The van der Waals surface area contributed by atoms with Crippen LogP contribution in [0.1, 0.15) is 16.4 Å². The van der Waals surface area contributed by atoms with Gasteiger partial charge in [0.1, 0.15) is 5.56 Å². The van der Waals surface area contributed by atoms with Crippen LogP contribution in [0.3, 0.4) is 0 Å². The van der Waals surface area contributed by atoms with Gasteiger partial charge in [0, 0.05) is 41.7 Å². The maximum Gasteiger partial charge on any atom is 0.254 e. The Labute approximate surface area is 136 Å². The lowest BCUT2D eigenvalue weighted by atomic mass is 10.2. The number of primary amides is 1. The van der Waals surface area contributed by atoms with E-state index in [1.165, 1.54) is 12.3 Å². The number of hydrogen-bond donors (Lipinski definition) is 3. The summed E-state index contributed by atoms with van der Waals surface area (Å²) < 4.78 is 14.9. The van der Waals surface area contributed by atoms with Crippen LogP contribution in [-0.2, 0) is 0 Å². The maximum atomic E-state index is 13.2. The molecule has 4 N–H and O–H groups in total. The van der Waals surface area contributed by atoms with Gasteiger partial charge in [-0.2, -0.15) is 21.3 Å². The number of thioether (sulfide) groups is 1. The van der Waals surface area contributed by atoms with E-state index in [0.717, 1.165) is 11.5 Å². The molecule has 2 aromatic heterocycles. The molecule has 7 nitrogen and oxygen atoms in total. The highest BCUT2D eigenvalue weighted by atomic mass is 32.2. The first-order chi connectivity index (χ1) is 11.1. The first kappa shape index (κ1) is 15.8. The number of nitrogens with two attached hydrogens (primary N) is 1. The molecule has 1 aliphatic rings. The summed E-state index contributed by atoms with van der Waals surface area (Å²) in [6.07, 6.45) is 2.98. The number of anilines is 2. The van der Waals surface area contributed by atoms with Crippen LogP contribution in [0.2, 0.25) is 0 Å². The standard InChI is InChI=1S/C14H17FN6OS/c1-17-10-6-23-7-11(10)21-5-9(13(16)22)14(20-21)19-8-2-3-18-12(15)4-8/h2-5,10-11,17H,6-7H2,1H3,(H2,16,22)(H,18,19,20)/t10-,11?/m0/s1. The van der Waals surface area contributed by atoms with Crippen LogP contribution in [0, 0.1) is 5.95 Å². The lowest BCUT2D eigenvalue weighted by Gasteiger charge is -2.18. The van der Waals surface area contributed by atoms with E-state index in [1.54, 1.807) is 16.9 Å². The fraction of sp³-hybridized carbons (Fsp3) is 0.357. The minimum absolute atomic E-state index is 0.132. The van der Waals surface area contributed by atoms with Gasteiger partial charge in [0.15, 0.2) is 5.82 Å². The number of aromatic nitrogens is 3. The molecular formula is C14H17FN6OS. The largest absolute Gasteiger partial charge is 0.365 e. The van der Waals surface area contributed by atoms with E-state index in [2.05, 4.69) is 20.7 Å². The van der Waals surface area contributed by atoms with E-state index in [-0.39, 0.29) is 17.6 Å². The predicted molar refractivity (Wildman–Crippen MR) is 87.4 cm³/mol. The molecule has 3 rings (SSSR count). The summed E-state index contributed by atoms with van der Waals surface area (Å²) >= 11 is 1.82. The Kier molecular flexibility index (Phi) is 4.49. The highest BCUT2D eigenvalue weighted by Gasteiger charge is 2.30. The molecule has 0 aliphatic carbocycles. The normalized spacial score (nSPS) is 20.6. The van der Waals surface area contributed by atoms with Crippen molar-refractivity contribution in [1.82, 2.24) is 20.1 Å². The maximum absolute atomic E-state index is 13.2. The van der Waals surface area contributed by atoms with E-state index in [9.17, 15) is 9.18 Å². The molecule has 0 bridgehead atoms. The molecular weight excluding hydrogens is 319 g/mol. The zero-order valence-corrected chi connectivity index (χ0v) is 13.3. The van der Waals surface area contributed by atoms with E-state index < -0.39 is 11.9 Å². The first-order valence-corrected chi connectivity index (χ1v) is 8.26. The van der Waals surface area contributed by atoms with E-state index in [1.807, 2.05) is 18.8 Å². The summed E-state index contributed by atoms with van der Waals surface area (Å²) in [5.74, 6) is 0.993. The van der Waals surface area contributed by atoms with Crippen molar-refractivity contribution in [3.8, 4) is 0 Å². The molecule has 1 aliphatic heterocycles. The Morgan fingerprint density at radius 1 is 1.52 bits per heavy atom. The molecule has 122 valence electrons. The lowest BCUT2D eigenvalue weighted by molar-refractivity contribution is 0.100. The summed E-state index contributed by atoms with van der Waals surface area (Å²) in [4.78, 5) is 15.2. The van der Waals surface area contributed by atoms with Gasteiger partial charge in [0.2, 0.25) is 5.95 Å². The summed E-state index contributed by atoms with van der Waals surface area (Å²) in [7, 11) is 1.90. The van der Waals surface area contributed by atoms with Crippen molar-refractivity contribution in [2.75, 3.05) is 23.9 Å². The molecule has 2 atom stereocenters. The number of rotatable bonds is 5. The van der Waals surface area contributed by atoms with E-state index in [4.69, 9.17) is 5.73 Å². The van der Waals surface area contributed by atoms with Crippen LogP contribution < -0.4 is 16.4 Å². The van der Waals surface area contributed by atoms with Crippen LogP contribution in [0.15, 0.2) is 24.5 Å². The third-order valence-corrected chi connectivity index (χ3v) is 4.92. The Hall–Kier alpha value is -2.13. The fourth-order valence-electron chi connectivity index (χ4n) is 2.53. The van der Waals surface area contributed by atoms with Crippen LogP contribution in [0.4, 0.5) is 15.9 Å². The van der Waals surface area contributed by atoms with Gasteiger partial charge in [-0.3, -0.25) is 9.48 Å². The number of likely N-dealkylation sites (N-methyl/N-ethyl adjacent to an activating group) is 1. The Bertz CT molecular complexity index is 721. The van der Waals surface area contributed by atoms with Crippen LogP contribution in [-0.4, -0.2) is 45.3 Å². The highest BCUT2D eigenvalue weighted by molar-refractivity contribution is 7.99. The smallest absolute Gasteiger partial charge is 0.254 e. The molecule has 1 unspecified atom stereocenters. The molecule has 1 fully saturated rings. The van der Waals surface area contributed by atoms with Crippen molar-refractivity contribution in [2.24, 2.45) is 5.73 Å². The predicted octanol–water partition coefficient (Wildman–Crippen LogP) is 1.14. The number of nitrogens with one attached hydrogen (secondary N) is 2. The number of carbonyl (C=O) groups is 1. The van der Waals surface area contributed by atoms with Gasteiger partial charge in [0.25, 0.3) is 5.91 Å². The number of halogens is 1. The van der Waals surface area contributed by atoms with Gasteiger partial charge in [-0.15, -0.1) is 0 Å². The molecule has 23 heavy (non-hydrogen) atoms. The number of carbonyl (C=O) groups excluding carboxylic acids is 1. The molecule has 1 saturated heterocycles. The molecule has 0 spiro atoms. The molecule has 0 aromatic carbocycles. The van der Waals surface area contributed by atoms with Crippen molar-refractivity contribution in [3.05, 3.63) is 36.0 Å². The zero-order chi connectivity index (χ0) is 16.4. The molecule has 1 amide bonds. The topological polar surface area (TPSA) is 97.9 Å². The molecule has 3 heterocycles. The quantitative estimate of drug-likeness (QED) is 0.708. The van der Waals surface area contributed by atoms with Gasteiger partial charge < -0.3 is 16.4 Å². The summed E-state index contributed by atoms with van der Waals surface area (Å²) in [6, 6.07) is 3.22. The molecule has 0 radical (unpaired) electrons. The van der Waals surface area contributed by atoms with Crippen molar-refractivity contribution in [1.29, 1.82) is 0 Å². The van der Waals surface area contributed by atoms with Crippen molar-refractivity contribution >= 4 is 29.2 Å². The Morgan fingerprint density at radius 2 is 2.35 bits per heavy atom. The van der Waals surface area contributed by atoms with Gasteiger partial charge in [-0.1, -0.05) is 0 Å². The average Bonchev–Trinajstić information content (AvgIpc) is 3.13. The minimum Gasteiger partial charge on any atom is -0.365 e. The third kappa shape index (κ3) is 3.30. The third-order valence-electron chi connectivity index (χ3n) is 3.75. The van der Waals surface area contributed by atoms with Gasteiger partial charge in [-0.25, -0.2) is 4.98 Å². The highest BCUT2D eigenvalue weighted by Crippen LogP contribution is 2.30. The minimum atomic E-state index is -0.613. The number of hydrogen-bond acceptors (Lipinski definition) is 6. The summed E-state index contributed by atoms with van der Waals surface area (Å²) in [5, 5.41) is 10.6. The number of amides is 1. The second-order valence-corrected chi connectivity index (χ2v) is 6.30. The molecule has 9 heteroatoms. The lowest BCUT2D eigenvalue weighted by Crippen LogP contribution is -2.34. The first-order valence-electron chi connectivity index (χ1n) is 7.11. The fourth-order valence-corrected chi connectivity index (χ4v) is 3.94. The summed E-state index contributed by atoms with van der Waals surface area (Å²) in [6.45, 7) is 0. The SMILES string of the molecule is CN[C@H]1CSCC1n1cc(C(N)=O)c(Nc2ccnc(F)c2)n1. The summed E-state index contributed by atoms with van der Waals surface area (Å²) in [5.41, 5.74) is 6.16. The second-order valence-electron chi connectivity index (χ2n) is 5.23. The van der Waals surface area contributed by atoms with Gasteiger partial charge in [0.05, 0.1) is 6.04 Å². The van der Waals surface area contributed by atoms with Gasteiger partial charge >= 0.3 is 0 Å². The van der Waals surface area contributed by atoms with Crippen LogP contribution in [0.5, 0.6) is 0 Å². The van der Waals surface area contributed by atoms with E-state index >= 15 is 0 Å². The van der Waals surface area contributed by atoms with Crippen LogP contribution >= 0.6 is 11.8 Å². The van der Waals surface area contributed by atoms with E-state index in [0.29, 0.717) is 11.5 Å². The van der Waals surface area contributed by atoms with Crippen molar-refractivity contribution in [3.63, 3.8) is 0 Å². The van der Waals surface area contributed by atoms with Crippen molar-refractivity contribution < 1.29 is 9.18 Å². The molecule has 0 saturated carbocycles.